The summed E-state index contributed by atoms with van der Waals surface area (Å²) >= 11 is 3.25. The van der Waals surface area contributed by atoms with Crippen LogP contribution in [-0.2, 0) is 0 Å². The van der Waals surface area contributed by atoms with E-state index >= 15 is 0 Å². The Bertz CT molecular complexity index is 361. The minimum atomic E-state index is -2.42. The minimum absolute atomic E-state index is 0. The topological polar surface area (TPSA) is 28.2 Å². The molecule has 110 valence electrons. The number of nitrogens with one attached hydrogen (secondary N) is 1. The van der Waals surface area contributed by atoms with Gasteiger partial charge in [0, 0.05) is 36.8 Å². The van der Waals surface area contributed by atoms with Crippen LogP contribution in [-0.4, -0.2) is 42.5 Å². The number of hydrogen-bond donors (Lipinski definition) is 1. The monoisotopic (exact) mass is 377 g/mol. The van der Waals surface area contributed by atoms with E-state index in [0.717, 1.165) is 17.6 Å². The van der Waals surface area contributed by atoms with Gasteiger partial charge in [0.2, 0.25) is 0 Å². The second kappa shape index (κ2) is 9.02. The standard InChI is InChI=1S/C11H14BrF2N3.2ClH/c12-8-1-2-9(16-7-8)10(11(13)14)17-5-3-15-4-6-17;;/h1-2,7,10-11,15H,3-6H2;2*1H/t10-;;/m1../s1. The first kappa shape index (κ1) is 19.0. The van der Waals surface area contributed by atoms with E-state index in [9.17, 15) is 8.78 Å². The average Bonchev–Trinajstić information content (AvgIpc) is 2.33. The van der Waals surface area contributed by atoms with Crippen molar-refractivity contribution in [1.29, 1.82) is 0 Å². The third-order valence-corrected chi connectivity index (χ3v) is 3.31. The molecule has 0 saturated carbocycles. The van der Waals surface area contributed by atoms with Crippen molar-refractivity contribution < 1.29 is 8.78 Å². The molecule has 0 bridgehead atoms. The van der Waals surface area contributed by atoms with Crippen LogP contribution in [0.2, 0.25) is 0 Å². The van der Waals surface area contributed by atoms with Gasteiger partial charge in [0.25, 0.3) is 6.43 Å². The minimum Gasteiger partial charge on any atom is -0.314 e. The largest absolute Gasteiger partial charge is 0.314 e. The SMILES string of the molecule is Cl.Cl.FC(F)[C@@H](c1ccc(Br)cn1)N1CCNCC1. The van der Waals surface area contributed by atoms with Gasteiger partial charge in [-0.25, -0.2) is 8.78 Å². The summed E-state index contributed by atoms with van der Waals surface area (Å²) in [5.74, 6) is 0. The summed E-state index contributed by atoms with van der Waals surface area (Å²) in [7, 11) is 0. The van der Waals surface area contributed by atoms with Crippen molar-refractivity contribution in [1.82, 2.24) is 15.2 Å². The molecular formula is C11H16BrCl2F2N3. The smallest absolute Gasteiger partial charge is 0.259 e. The summed E-state index contributed by atoms with van der Waals surface area (Å²) in [5.41, 5.74) is 0.435. The fourth-order valence-corrected chi connectivity index (χ4v) is 2.23. The molecule has 19 heavy (non-hydrogen) atoms. The first-order chi connectivity index (χ1) is 8.18. The van der Waals surface area contributed by atoms with Crippen LogP contribution < -0.4 is 5.32 Å². The van der Waals surface area contributed by atoms with Gasteiger partial charge in [0.05, 0.1) is 5.69 Å². The first-order valence-corrected chi connectivity index (χ1v) is 6.32. The molecule has 2 rings (SSSR count). The Morgan fingerprint density at radius 2 is 1.84 bits per heavy atom. The summed E-state index contributed by atoms with van der Waals surface area (Å²) in [6.45, 7) is 2.76. The van der Waals surface area contributed by atoms with Gasteiger partial charge in [0.1, 0.15) is 6.04 Å². The molecule has 0 unspecified atom stereocenters. The average molecular weight is 379 g/mol. The van der Waals surface area contributed by atoms with E-state index in [1.807, 2.05) is 0 Å². The van der Waals surface area contributed by atoms with E-state index in [4.69, 9.17) is 0 Å². The van der Waals surface area contributed by atoms with Crippen LogP contribution >= 0.6 is 40.7 Å². The zero-order chi connectivity index (χ0) is 12.3. The van der Waals surface area contributed by atoms with Crippen molar-refractivity contribution >= 4 is 40.7 Å². The molecule has 1 fully saturated rings. The van der Waals surface area contributed by atoms with Crippen LogP contribution in [0.3, 0.4) is 0 Å². The number of aromatic nitrogens is 1. The second-order valence-electron chi connectivity index (χ2n) is 3.97. The van der Waals surface area contributed by atoms with Crippen LogP contribution in [0.25, 0.3) is 0 Å². The van der Waals surface area contributed by atoms with Gasteiger partial charge in [-0.3, -0.25) is 9.88 Å². The molecule has 0 aliphatic carbocycles. The molecule has 1 aromatic rings. The van der Waals surface area contributed by atoms with Crippen molar-refractivity contribution in [2.24, 2.45) is 0 Å². The number of pyridine rings is 1. The molecule has 8 heteroatoms. The number of hydrogen-bond acceptors (Lipinski definition) is 3. The van der Waals surface area contributed by atoms with Crippen LogP contribution in [0.4, 0.5) is 8.78 Å². The number of nitrogens with zero attached hydrogens (tertiary/aromatic N) is 2. The van der Waals surface area contributed by atoms with Crippen LogP contribution in [0.1, 0.15) is 11.7 Å². The Morgan fingerprint density at radius 3 is 2.32 bits per heavy atom. The van der Waals surface area contributed by atoms with E-state index in [1.54, 1.807) is 23.2 Å². The third kappa shape index (κ3) is 5.11. The lowest BCUT2D eigenvalue weighted by atomic mass is 10.1. The highest BCUT2D eigenvalue weighted by Gasteiger charge is 2.30. The van der Waals surface area contributed by atoms with Crippen LogP contribution in [0.5, 0.6) is 0 Å². The second-order valence-corrected chi connectivity index (χ2v) is 4.88. The van der Waals surface area contributed by atoms with E-state index in [2.05, 4.69) is 26.2 Å². The molecule has 3 nitrogen and oxygen atoms in total. The molecule has 0 aromatic carbocycles. The molecule has 1 saturated heterocycles. The maximum absolute atomic E-state index is 13.2. The molecule has 1 N–H and O–H groups in total. The zero-order valence-electron chi connectivity index (χ0n) is 10.1. The molecule has 1 aliphatic rings. The molecular weight excluding hydrogens is 363 g/mol. The van der Waals surface area contributed by atoms with Crippen molar-refractivity contribution in [3.63, 3.8) is 0 Å². The Morgan fingerprint density at radius 1 is 1.21 bits per heavy atom. The van der Waals surface area contributed by atoms with Crippen LogP contribution in [0, 0.1) is 0 Å². The molecule has 0 spiro atoms. The summed E-state index contributed by atoms with van der Waals surface area (Å²) in [5, 5.41) is 3.15. The third-order valence-electron chi connectivity index (χ3n) is 2.84. The van der Waals surface area contributed by atoms with Gasteiger partial charge >= 0.3 is 0 Å². The summed E-state index contributed by atoms with van der Waals surface area (Å²) in [6, 6.07) is 2.51. The fourth-order valence-electron chi connectivity index (χ4n) is 2.00. The molecule has 2 heterocycles. The van der Waals surface area contributed by atoms with Gasteiger partial charge in [-0.15, -0.1) is 24.8 Å². The number of piperazine rings is 1. The molecule has 0 radical (unpaired) electrons. The number of halogens is 5. The lowest BCUT2D eigenvalue weighted by Gasteiger charge is -2.33. The van der Waals surface area contributed by atoms with Crippen LogP contribution in [0.15, 0.2) is 22.8 Å². The van der Waals surface area contributed by atoms with Gasteiger partial charge in [-0.05, 0) is 28.1 Å². The summed E-state index contributed by atoms with van der Waals surface area (Å²) in [6.07, 6.45) is -0.853. The number of alkyl halides is 2. The van der Waals surface area contributed by atoms with Gasteiger partial charge < -0.3 is 5.32 Å². The van der Waals surface area contributed by atoms with Gasteiger partial charge in [-0.2, -0.15) is 0 Å². The van der Waals surface area contributed by atoms with Crippen molar-refractivity contribution in [2.45, 2.75) is 12.5 Å². The predicted octanol–water partition coefficient (Wildman–Crippen LogP) is 2.90. The van der Waals surface area contributed by atoms with E-state index in [0.29, 0.717) is 18.8 Å². The first-order valence-electron chi connectivity index (χ1n) is 5.53. The van der Waals surface area contributed by atoms with Crippen molar-refractivity contribution in [2.75, 3.05) is 26.2 Å². The number of rotatable bonds is 3. The highest BCUT2D eigenvalue weighted by Crippen LogP contribution is 2.26. The fraction of sp³-hybridized carbons (Fsp3) is 0.545. The Balaban J connectivity index is 0.00000162. The van der Waals surface area contributed by atoms with E-state index in [1.165, 1.54) is 0 Å². The van der Waals surface area contributed by atoms with Crippen molar-refractivity contribution in [3.8, 4) is 0 Å². The molecule has 1 aromatic heterocycles. The van der Waals surface area contributed by atoms with Gasteiger partial charge in [0.15, 0.2) is 0 Å². The maximum atomic E-state index is 13.2. The maximum Gasteiger partial charge on any atom is 0.259 e. The lowest BCUT2D eigenvalue weighted by molar-refractivity contribution is 0.0160. The van der Waals surface area contributed by atoms with E-state index < -0.39 is 12.5 Å². The Hall–Kier alpha value is -0.0100. The Labute approximate surface area is 132 Å². The molecule has 0 amide bonds. The van der Waals surface area contributed by atoms with Gasteiger partial charge in [-0.1, -0.05) is 0 Å². The Kier molecular flexibility index (Phi) is 9.02. The normalized spacial score (nSPS) is 17.5. The zero-order valence-corrected chi connectivity index (χ0v) is 13.3. The predicted molar refractivity (Wildman–Crippen MR) is 79.6 cm³/mol. The summed E-state index contributed by atoms with van der Waals surface area (Å²) < 4.78 is 27.1. The van der Waals surface area contributed by atoms with E-state index in [-0.39, 0.29) is 24.8 Å². The highest BCUT2D eigenvalue weighted by atomic mass is 79.9. The lowest BCUT2D eigenvalue weighted by Crippen LogP contribution is -2.47. The molecule has 1 aliphatic heterocycles. The summed E-state index contributed by atoms with van der Waals surface area (Å²) in [4.78, 5) is 5.88. The van der Waals surface area contributed by atoms with Crippen molar-refractivity contribution in [3.05, 3.63) is 28.5 Å². The quantitative estimate of drug-likeness (QED) is 0.876. The molecule has 1 atom stereocenters. The highest BCUT2D eigenvalue weighted by molar-refractivity contribution is 9.10.